The lowest BCUT2D eigenvalue weighted by molar-refractivity contribution is -0.152. The van der Waals surface area contributed by atoms with E-state index in [1.807, 2.05) is 12.2 Å². The second kappa shape index (κ2) is 6.56. The van der Waals surface area contributed by atoms with Gasteiger partial charge in [-0.3, -0.25) is 19.2 Å². The minimum atomic E-state index is -0.803. The maximum absolute atomic E-state index is 12.6. The Morgan fingerprint density at radius 3 is 2.46 bits per heavy atom. The van der Waals surface area contributed by atoms with Crippen molar-refractivity contribution in [3.05, 3.63) is 82.8 Å². The first-order chi connectivity index (χ1) is 13.4. The fourth-order valence-electron chi connectivity index (χ4n) is 3.31. The Kier molecular flexibility index (Phi) is 4.19. The number of esters is 1. The minimum Gasteiger partial charge on any atom is -0.454 e. The third-order valence-electron chi connectivity index (χ3n) is 4.75. The lowest BCUT2D eigenvalue weighted by Crippen LogP contribution is -2.30. The van der Waals surface area contributed by atoms with Crippen LogP contribution in [-0.4, -0.2) is 28.9 Å². The highest BCUT2D eigenvalue weighted by Crippen LogP contribution is 2.30. The van der Waals surface area contributed by atoms with E-state index in [1.165, 1.54) is 12.1 Å². The number of hydrogen-bond donors (Lipinski definition) is 0. The Labute approximate surface area is 160 Å². The summed E-state index contributed by atoms with van der Waals surface area (Å²) >= 11 is 0. The molecule has 0 bridgehead atoms. The van der Waals surface area contributed by atoms with Gasteiger partial charge in [-0.2, -0.15) is 0 Å². The van der Waals surface area contributed by atoms with Crippen molar-refractivity contribution in [3.63, 3.8) is 0 Å². The predicted molar refractivity (Wildman–Crippen MR) is 98.4 cm³/mol. The van der Waals surface area contributed by atoms with Crippen molar-refractivity contribution in [1.29, 1.82) is 0 Å². The lowest BCUT2D eigenvalue weighted by Gasteiger charge is -2.26. The van der Waals surface area contributed by atoms with E-state index >= 15 is 0 Å². The molecule has 2 aromatic rings. The zero-order valence-corrected chi connectivity index (χ0v) is 15.1. The number of carbonyl (C=O) groups is 4. The van der Waals surface area contributed by atoms with Gasteiger partial charge in [-0.05, 0) is 19.1 Å². The van der Waals surface area contributed by atoms with Gasteiger partial charge in [-0.15, -0.1) is 0 Å². The summed E-state index contributed by atoms with van der Waals surface area (Å²) in [5.41, 5.74) is -0.267. The predicted octanol–water partition coefficient (Wildman–Crippen LogP) is 3.45. The number of ketones is 3. The van der Waals surface area contributed by atoms with E-state index in [0.29, 0.717) is 6.42 Å². The average Bonchev–Trinajstić information content (AvgIpc) is 3.12. The summed E-state index contributed by atoms with van der Waals surface area (Å²) in [6, 6.07) is 7.62. The molecule has 4 rings (SSSR count). The van der Waals surface area contributed by atoms with Crippen LogP contribution in [0.2, 0.25) is 0 Å². The quantitative estimate of drug-likeness (QED) is 0.394. The topological polar surface area (TPSA) is 90.7 Å². The Morgan fingerprint density at radius 1 is 1.07 bits per heavy atom. The first-order valence-corrected chi connectivity index (χ1v) is 8.80. The summed E-state index contributed by atoms with van der Waals surface area (Å²) in [6.45, 7) is 1.75. The van der Waals surface area contributed by atoms with Crippen molar-refractivity contribution >= 4 is 23.3 Å². The summed E-state index contributed by atoms with van der Waals surface area (Å²) in [5, 5.41) is 0. The molecule has 0 aliphatic heterocycles. The van der Waals surface area contributed by atoms with E-state index in [9.17, 15) is 19.2 Å². The molecule has 0 unspecified atom stereocenters. The summed E-state index contributed by atoms with van der Waals surface area (Å²) in [7, 11) is 0. The number of carbonyl (C=O) groups excluding carboxylic acids is 4. The van der Waals surface area contributed by atoms with Crippen molar-refractivity contribution in [2.24, 2.45) is 0 Å². The SMILES string of the molecule is C[C@]1(OC(=O)CC(=O)c2cc3c(o2)C(=O)c2ccccc2C3=O)C=CC=CC1. The van der Waals surface area contributed by atoms with Gasteiger partial charge in [0.05, 0.1) is 5.56 Å². The summed E-state index contributed by atoms with van der Waals surface area (Å²) in [5.74, 6) is -2.58. The molecule has 0 saturated heterocycles. The van der Waals surface area contributed by atoms with E-state index in [1.54, 1.807) is 37.3 Å². The van der Waals surface area contributed by atoms with Crippen LogP contribution in [0.5, 0.6) is 0 Å². The number of Topliss-reactive ketones (excluding diaryl/α,β-unsaturated/α-hetero) is 1. The third-order valence-corrected chi connectivity index (χ3v) is 4.75. The molecule has 2 aliphatic rings. The molecule has 0 fully saturated rings. The van der Waals surface area contributed by atoms with Gasteiger partial charge < -0.3 is 9.15 Å². The Hall–Kier alpha value is -3.54. The smallest absolute Gasteiger partial charge is 0.314 e. The number of furan rings is 1. The van der Waals surface area contributed by atoms with Gasteiger partial charge in [0.1, 0.15) is 12.0 Å². The molecular formula is C22H16O6. The molecule has 0 radical (unpaired) electrons. The van der Waals surface area contributed by atoms with Gasteiger partial charge in [-0.1, -0.05) is 42.5 Å². The fraction of sp³-hybridized carbons (Fsp3) is 0.182. The zero-order chi connectivity index (χ0) is 19.9. The number of allylic oxidation sites excluding steroid dienone is 2. The van der Waals surface area contributed by atoms with Crippen molar-refractivity contribution < 1.29 is 28.3 Å². The number of ether oxygens (including phenoxy) is 1. The molecule has 28 heavy (non-hydrogen) atoms. The molecule has 140 valence electrons. The summed E-state index contributed by atoms with van der Waals surface area (Å²) in [6.07, 6.45) is 7.20. The van der Waals surface area contributed by atoms with Gasteiger partial charge in [0.25, 0.3) is 0 Å². The molecule has 0 N–H and O–H groups in total. The van der Waals surface area contributed by atoms with Gasteiger partial charge in [0.15, 0.2) is 17.3 Å². The largest absolute Gasteiger partial charge is 0.454 e. The van der Waals surface area contributed by atoms with Crippen molar-refractivity contribution in [2.75, 3.05) is 0 Å². The number of benzene rings is 1. The van der Waals surface area contributed by atoms with Crippen molar-refractivity contribution in [2.45, 2.75) is 25.4 Å². The van der Waals surface area contributed by atoms with Gasteiger partial charge >= 0.3 is 5.97 Å². The van der Waals surface area contributed by atoms with Crippen LogP contribution < -0.4 is 0 Å². The highest BCUT2D eigenvalue weighted by molar-refractivity contribution is 6.28. The Balaban J connectivity index is 1.53. The molecule has 1 aromatic heterocycles. The molecule has 6 heteroatoms. The molecule has 2 aliphatic carbocycles. The molecule has 1 aromatic carbocycles. The summed E-state index contributed by atoms with van der Waals surface area (Å²) in [4.78, 5) is 49.8. The van der Waals surface area contributed by atoms with Crippen LogP contribution in [-0.2, 0) is 9.53 Å². The molecule has 0 saturated carbocycles. The Morgan fingerprint density at radius 2 is 1.79 bits per heavy atom. The molecule has 1 atom stereocenters. The van der Waals surface area contributed by atoms with Gasteiger partial charge in [-0.25, -0.2) is 0 Å². The standard InChI is InChI=1S/C22H16O6/c1-22(9-5-2-6-10-22)28-18(24)12-16(23)17-11-15-19(25)13-7-3-4-8-14(13)20(26)21(15)27-17/h2-9,11H,10,12H2,1H3/t22-/m0/s1. The van der Waals surface area contributed by atoms with Crippen molar-refractivity contribution in [1.82, 2.24) is 0 Å². The van der Waals surface area contributed by atoms with Crippen LogP contribution in [0.1, 0.15) is 62.4 Å². The van der Waals surface area contributed by atoms with Crippen LogP contribution >= 0.6 is 0 Å². The van der Waals surface area contributed by atoms with Gasteiger partial charge in [0, 0.05) is 17.5 Å². The molecule has 6 nitrogen and oxygen atoms in total. The van der Waals surface area contributed by atoms with E-state index in [0.717, 1.165) is 0 Å². The monoisotopic (exact) mass is 376 g/mol. The fourth-order valence-corrected chi connectivity index (χ4v) is 3.31. The maximum Gasteiger partial charge on any atom is 0.314 e. The van der Waals surface area contributed by atoms with Crippen LogP contribution in [0.4, 0.5) is 0 Å². The first kappa shape index (κ1) is 17.9. The van der Waals surface area contributed by atoms with E-state index in [2.05, 4.69) is 0 Å². The normalized spacial score (nSPS) is 19.9. The summed E-state index contributed by atoms with van der Waals surface area (Å²) < 4.78 is 10.8. The van der Waals surface area contributed by atoms with Crippen LogP contribution in [0.15, 0.2) is 59.1 Å². The molecule has 1 heterocycles. The zero-order valence-electron chi connectivity index (χ0n) is 15.1. The van der Waals surface area contributed by atoms with E-state index in [4.69, 9.17) is 9.15 Å². The molecular weight excluding hydrogens is 360 g/mol. The average molecular weight is 376 g/mol. The highest BCUT2D eigenvalue weighted by atomic mass is 16.6. The van der Waals surface area contributed by atoms with Crippen molar-refractivity contribution in [3.8, 4) is 0 Å². The number of fused-ring (bicyclic) bond motifs is 2. The van der Waals surface area contributed by atoms with E-state index in [-0.39, 0.29) is 34.0 Å². The van der Waals surface area contributed by atoms with Gasteiger partial charge in [0.2, 0.25) is 11.6 Å². The number of hydrogen-bond acceptors (Lipinski definition) is 6. The lowest BCUT2D eigenvalue weighted by atomic mass is 9.88. The second-order valence-electron chi connectivity index (χ2n) is 6.94. The number of rotatable bonds is 4. The second-order valence-corrected chi connectivity index (χ2v) is 6.94. The van der Waals surface area contributed by atoms with Crippen LogP contribution in [0, 0.1) is 0 Å². The van der Waals surface area contributed by atoms with E-state index < -0.39 is 29.6 Å². The Bertz CT molecular complexity index is 1030. The highest BCUT2D eigenvalue weighted by Gasteiger charge is 2.35. The van der Waals surface area contributed by atoms with Crippen LogP contribution in [0.25, 0.3) is 0 Å². The van der Waals surface area contributed by atoms with Crippen LogP contribution in [0.3, 0.4) is 0 Å². The molecule has 0 spiro atoms. The first-order valence-electron chi connectivity index (χ1n) is 8.80. The third kappa shape index (κ3) is 3.03. The molecule has 0 amide bonds. The minimum absolute atomic E-state index is 0.0349. The maximum atomic E-state index is 12.6.